The number of rotatable bonds is 4. The van der Waals surface area contributed by atoms with Gasteiger partial charge in [0.1, 0.15) is 0 Å². The highest BCUT2D eigenvalue weighted by molar-refractivity contribution is 7.89. The van der Waals surface area contributed by atoms with Crippen LogP contribution in [-0.2, 0) is 10.0 Å². The van der Waals surface area contributed by atoms with E-state index in [1.54, 1.807) is 19.1 Å². The lowest BCUT2D eigenvalue weighted by Crippen LogP contribution is -2.27. The molecule has 0 saturated carbocycles. The number of hydrogen-bond acceptors (Lipinski definition) is 3. The first kappa shape index (κ1) is 13.2. The third-order valence-electron chi connectivity index (χ3n) is 3.20. The Kier molecular flexibility index (Phi) is 3.82. The summed E-state index contributed by atoms with van der Waals surface area (Å²) in [6.07, 6.45) is 2.27. The van der Waals surface area contributed by atoms with Gasteiger partial charge in [-0.25, -0.2) is 8.42 Å². The molecule has 1 aromatic rings. The molecule has 0 aliphatic carbocycles. The van der Waals surface area contributed by atoms with Gasteiger partial charge in [0.2, 0.25) is 10.0 Å². The van der Waals surface area contributed by atoms with Gasteiger partial charge < -0.3 is 0 Å². The predicted molar refractivity (Wildman–Crippen MR) is 69.1 cm³/mol. The van der Waals surface area contributed by atoms with Gasteiger partial charge in [0.15, 0.2) is 5.78 Å². The van der Waals surface area contributed by atoms with Gasteiger partial charge in [0, 0.05) is 25.1 Å². The predicted octanol–water partition coefficient (Wildman–Crippen LogP) is 2.06. The second-order valence-electron chi connectivity index (χ2n) is 4.41. The van der Waals surface area contributed by atoms with Crippen LogP contribution in [0.25, 0.3) is 0 Å². The molecule has 1 fully saturated rings. The highest BCUT2D eigenvalue weighted by Crippen LogP contribution is 2.21. The largest absolute Gasteiger partial charge is 0.294 e. The van der Waals surface area contributed by atoms with Crippen molar-refractivity contribution in [2.24, 2.45) is 0 Å². The van der Waals surface area contributed by atoms with E-state index in [-0.39, 0.29) is 10.7 Å². The molecule has 1 aliphatic heterocycles. The van der Waals surface area contributed by atoms with E-state index in [4.69, 9.17) is 0 Å². The van der Waals surface area contributed by atoms with Gasteiger partial charge in [0.25, 0.3) is 0 Å². The van der Waals surface area contributed by atoms with E-state index >= 15 is 0 Å². The van der Waals surface area contributed by atoms with Crippen LogP contribution < -0.4 is 0 Å². The minimum Gasteiger partial charge on any atom is -0.294 e. The summed E-state index contributed by atoms with van der Waals surface area (Å²) >= 11 is 0. The van der Waals surface area contributed by atoms with Crippen molar-refractivity contribution in [1.82, 2.24) is 4.31 Å². The number of benzene rings is 1. The maximum absolute atomic E-state index is 12.2. The number of carbonyl (C=O) groups is 1. The first-order valence-corrected chi connectivity index (χ1v) is 7.63. The van der Waals surface area contributed by atoms with Gasteiger partial charge in [-0.1, -0.05) is 19.1 Å². The maximum Gasteiger partial charge on any atom is 0.243 e. The molecule has 0 spiro atoms. The van der Waals surface area contributed by atoms with Gasteiger partial charge in [-0.3, -0.25) is 4.79 Å². The lowest BCUT2D eigenvalue weighted by Gasteiger charge is -2.15. The van der Waals surface area contributed by atoms with Gasteiger partial charge in [-0.05, 0) is 25.0 Å². The molecule has 0 aromatic heterocycles. The molecule has 0 unspecified atom stereocenters. The third-order valence-corrected chi connectivity index (χ3v) is 5.11. The van der Waals surface area contributed by atoms with Crippen LogP contribution in [0.1, 0.15) is 36.5 Å². The minimum absolute atomic E-state index is 0.0279. The lowest BCUT2D eigenvalue weighted by atomic mass is 10.1. The highest BCUT2D eigenvalue weighted by atomic mass is 32.2. The molecule has 4 nitrogen and oxygen atoms in total. The zero-order chi connectivity index (χ0) is 13.2. The third kappa shape index (κ3) is 2.47. The number of sulfonamides is 1. The maximum atomic E-state index is 12.2. The van der Waals surface area contributed by atoms with Crippen molar-refractivity contribution in [3.63, 3.8) is 0 Å². The zero-order valence-corrected chi connectivity index (χ0v) is 11.2. The van der Waals surface area contributed by atoms with E-state index < -0.39 is 10.0 Å². The van der Waals surface area contributed by atoms with Crippen molar-refractivity contribution in [2.45, 2.75) is 31.1 Å². The molecule has 0 atom stereocenters. The highest BCUT2D eigenvalue weighted by Gasteiger charge is 2.26. The second kappa shape index (κ2) is 5.20. The fourth-order valence-corrected chi connectivity index (χ4v) is 3.61. The van der Waals surface area contributed by atoms with Gasteiger partial charge in [-0.2, -0.15) is 4.31 Å². The first-order valence-electron chi connectivity index (χ1n) is 6.19. The van der Waals surface area contributed by atoms with Crippen LogP contribution in [0.15, 0.2) is 29.2 Å². The van der Waals surface area contributed by atoms with Crippen LogP contribution in [-0.4, -0.2) is 31.6 Å². The molecule has 0 N–H and O–H groups in total. The lowest BCUT2D eigenvalue weighted by molar-refractivity contribution is 0.0988. The fraction of sp³-hybridized carbons (Fsp3) is 0.462. The Hall–Kier alpha value is -1.20. The molecule has 5 heteroatoms. The average Bonchev–Trinajstić information content (AvgIpc) is 2.92. The molecule has 18 heavy (non-hydrogen) atoms. The van der Waals surface area contributed by atoms with Gasteiger partial charge in [-0.15, -0.1) is 0 Å². The molecule has 0 radical (unpaired) electrons. The Bertz CT molecular complexity index is 528. The van der Waals surface area contributed by atoms with Gasteiger partial charge in [0.05, 0.1) is 4.90 Å². The Morgan fingerprint density at radius 2 is 1.72 bits per heavy atom. The van der Waals surface area contributed by atoms with Crippen LogP contribution in [0.4, 0.5) is 0 Å². The molecule has 1 aromatic carbocycles. The Morgan fingerprint density at radius 3 is 2.22 bits per heavy atom. The first-order chi connectivity index (χ1) is 8.55. The molecule has 0 amide bonds. The number of Topliss-reactive ketones (excluding diaryl/α,β-unsaturated/α-hetero) is 1. The van der Waals surface area contributed by atoms with Crippen molar-refractivity contribution < 1.29 is 13.2 Å². The van der Waals surface area contributed by atoms with E-state index in [9.17, 15) is 13.2 Å². The van der Waals surface area contributed by atoms with Crippen LogP contribution in [0.3, 0.4) is 0 Å². The SMILES string of the molecule is CCC(=O)c1ccc(S(=O)(=O)N2CCCC2)cc1. The van der Waals surface area contributed by atoms with Crippen molar-refractivity contribution in [2.75, 3.05) is 13.1 Å². The summed E-state index contributed by atoms with van der Waals surface area (Å²) in [7, 11) is -3.37. The summed E-state index contributed by atoms with van der Waals surface area (Å²) in [6, 6.07) is 6.23. The number of ketones is 1. The van der Waals surface area contributed by atoms with Crippen molar-refractivity contribution in [1.29, 1.82) is 0 Å². The Labute approximate surface area is 108 Å². The molecule has 98 valence electrons. The van der Waals surface area contributed by atoms with E-state index in [0.717, 1.165) is 12.8 Å². The van der Waals surface area contributed by atoms with Crippen LogP contribution in [0, 0.1) is 0 Å². The summed E-state index contributed by atoms with van der Waals surface area (Å²) in [5, 5.41) is 0. The van der Waals surface area contributed by atoms with Crippen molar-refractivity contribution in [3.05, 3.63) is 29.8 Å². The zero-order valence-electron chi connectivity index (χ0n) is 10.4. The van der Waals surface area contributed by atoms with Crippen LogP contribution >= 0.6 is 0 Å². The van der Waals surface area contributed by atoms with Crippen molar-refractivity contribution >= 4 is 15.8 Å². The van der Waals surface area contributed by atoms with Crippen molar-refractivity contribution in [3.8, 4) is 0 Å². The number of carbonyl (C=O) groups excluding carboxylic acids is 1. The molecule has 1 aliphatic rings. The molecule has 1 heterocycles. The molecule has 2 rings (SSSR count). The normalized spacial score (nSPS) is 16.9. The summed E-state index contributed by atoms with van der Waals surface area (Å²) in [4.78, 5) is 11.7. The molecule has 0 bridgehead atoms. The minimum atomic E-state index is -3.37. The second-order valence-corrected chi connectivity index (χ2v) is 6.35. The Morgan fingerprint density at radius 1 is 1.17 bits per heavy atom. The van der Waals surface area contributed by atoms with Crippen LogP contribution in [0.2, 0.25) is 0 Å². The van der Waals surface area contributed by atoms with E-state index in [1.807, 2.05) is 0 Å². The number of nitrogens with zero attached hydrogens (tertiary/aromatic N) is 1. The van der Waals surface area contributed by atoms with Crippen LogP contribution in [0.5, 0.6) is 0 Å². The molecule has 1 saturated heterocycles. The quantitative estimate of drug-likeness (QED) is 0.785. The molecular weight excluding hydrogens is 250 g/mol. The fourth-order valence-electron chi connectivity index (χ4n) is 2.09. The summed E-state index contributed by atoms with van der Waals surface area (Å²) < 4.78 is 26.0. The average molecular weight is 267 g/mol. The number of hydrogen-bond donors (Lipinski definition) is 0. The van der Waals surface area contributed by atoms with Gasteiger partial charge >= 0.3 is 0 Å². The Balaban J connectivity index is 2.26. The molecular formula is C13H17NO3S. The van der Waals surface area contributed by atoms with E-state index in [0.29, 0.717) is 25.1 Å². The summed E-state index contributed by atoms with van der Waals surface area (Å²) in [6.45, 7) is 2.98. The summed E-state index contributed by atoms with van der Waals surface area (Å²) in [5.74, 6) is 0.0279. The smallest absolute Gasteiger partial charge is 0.243 e. The van der Waals surface area contributed by atoms with E-state index in [2.05, 4.69) is 0 Å². The topological polar surface area (TPSA) is 54.5 Å². The van der Waals surface area contributed by atoms with E-state index in [1.165, 1.54) is 16.4 Å². The summed E-state index contributed by atoms with van der Waals surface area (Å²) in [5.41, 5.74) is 0.567. The monoisotopic (exact) mass is 267 g/mol. The standard InChI is InChI=1S/C13H17NO3S/c1-2-13(15)11-5-7-12(8-6-11)18(16,17)14-9-3-4-10-14/h5-8H,2-4,9-10H2,1H3.